The molecule has 1 aliphatic heterocycles. The van der Waals surface area contributed by atoms with Gasteiger partial charge in [-0.15, -0.1) is 12.4 Å². The number of nitrogens with two attached hydrogens (primary N) is 1. The van der Waals surface area contributed by atoms with Crippen LogP contribution >= 0.6 is 12.4 Å². The minimum absolute atomic E-state index is 0. The molecule has 25 heavy (non-hydrogen) atoms. The minimum Gasteiger partial charge on any atom is -0.355 e. The van der Waals surface area contributed by atoms with Crippen LogP contribution in [0, 0.1) is 12.8 Å². The maximum Gasteiger partial charge on any atom is 0.232 e. The zero-order valence-corrected chi connectivity index (χ0v) is 16.2. The van der Waals surface area contributed by atoms with Crippen LogP contribution in [0.2, 0.25) is 0 Å². The number of amides is 2. The minimum atomic E-state index is -0.594. The highest BCUT2D eigenvalue weighted by molar-refractivity contribution is 5.88. The molecule has 0 bridgehead atoms. The Morgan fingerprint density at radius 3 is 2.52 bits per heavy atom. The van der Waals surface area contributed by atoms with Crippen molar-refractivity contribution in [3.05, 3.63) is 35.4 Å². The Kier molecular flexibility index (Phi) is 7.90. The average molecular weight is 368 g/mol. The number of benzene rings is 1. The Balaban J connectivity index is 0.00000312. The van der Waals surface area contributed by atoms with Crippen LogP contribution in [-0.2, 0) is 15.0 Å². The number of carbonyl (C=O) groups excluding carboxylic acids is 2. The second-order valence-corrected chi connectivity index (χ2v) is 7.16. The van der Waals surface area contributed by atoms with Crippen molar-refractivity contribution < 1.29 is 9.59 Å². The molecule has 5 nitrogen and oxygen atoms in total. The molecule has 1 aliphatic rings. The lowest BCUT2D eigenvalue weighted by Gasteiger charge is -2.37. The summed E-state index contributed by atoms with van der Waals surface area (Å²) in [6.45, 7) is 8.07. The van der Waals surface area contributed by atoms with Crippen molar-refractivity contribution in [3.63, 3.8) is 0 Å². The smallest absolute Gasteiger partial charge is 0.232 e. The van der Waals surface area contributed by atoms with Gasteiger partial charge in [0.2, 0.25) is 11.8 Å². The molecule has 3 N–H and O–H groups in total. The number of carbonyl (C=O) groups is 2. The summed E-state index contributed by atoms with van der Waals surface area (Å²) >= 11 is 0. The SMILES string of the molecule is Cc1ccc(C(C)(C)C(=O)N2CCCC(C(=O)NCCN)C2)cc1.Cl. The highest BCUT2D eigenvalue weighted by Crippen LogP contribution is 2.28. The van der Waals surface area contributed by atoms with Crippen LogP contribution in [0.15, 0.2) is 24.3 Å². The van der Waals surface area contributed by atoms with Gasteiger partial charge in [0.05, 0.1) is 11.3 Å². The quantitative estimate of drug-likeness (QED) is 0.835. The van der Waals surface area contributed by atoms with Crippen molar-refractivity contribution in [1.29, 1.82) is 0 Å². The second-order valence-electron chi connectivity index (χ2n) is 7.16. The van der Waals surface area contributed by atoms with E-state index in [1.165, 1.54) is 5.56 Å². The van der Waals surface area contributed by atoms with Gasteiger partial charge in [0.15, 0.2) is 0 Å². The fourth-order valence-corrected chi connectivity index (χ4v) is 3.20. The van der Waals surface area contributed by atoms with E-state index < -0.39 is 5.41 Å². The zero-order valence-electron chi connectivity index (χ0n) is 15.4. The highest BCUT2D eigenvalue weighted by atomic mass is 35.5. The van der Waals surface area contributed by atoms with Gasteiger partial charge in [-0.05, 0) is 39.2 Å². The molecule has 0 radical (unpaired) electrons. The molecule has 1 aromatic carbocycles. The molecular formula is C19H30ClN3O2. The summed E-state index contributed by atoms with van der Waals surface area (Å²) in [6, 6.07) is 8.10. The monoisotopic (exact) mass is 367 g/mol. The number of halogens is 1. The van der Waals surface area contributed by atoms with Gasteiger partial charge in [-0.3, -0.25) is 9.59 Å². The van der Waals surface area contributed by atoms with Crippen LogP contribution < -0.4 is 11.1 Å². The summed E-state index contributed by atoms with van der Waals surface area (Å²) < 4.78 is 0. The predicted octanol–water partition coefficient (Wildman–Crippen LogP) is 2.01. The van der Waals surface area contributed by atoms with Crippen molar-refractivity contribution in [2.24, 2.45) is 11.7 Å². The van der Waals surface area contributed by atoms with E-state index in [-0.39, 0.29) is 30.1 Å². The summed E-state index contributed by atoms with van der Waals surface area (Å²) in [6.07, 6.45) is 1.68. The van der Waals surface area contributed by atoms with Crippen LogP contribution in [0.25, 0.3) is 0 Å². The Morgan fingerprint density at radius 2 is 1.92 bits per heavy atom. The van der Waals surface area contributed by atoms with E-state index >= 15 is 0 Å². The zero-order chi connectivity index (χ0) is 17.7. The lowest BCUT2D eigenvalue weighted by atomic mass is 9.82. The van der Waals surface area contributed by atoms with Crippen LogP contribution in [0.5, 0.6) is 0 Å². The van der Waals surface area contributed by atoms with Gasteiger partial charge in [-0.2, -0.15) is 0 Å². The number of nitrogens with zero attached hydrogens (tertiary/aromatic N) is 1. The number of likely N-dealkylation sites (tertiary alicyclic amines) is 1. The second kappa shape index (κ2) is 9.20. The molecule has 0 aromatic heterocycles. The highest BCUT2D eigenvalue weighted by Gasteiger charge is 2.37. The van der Waals surface area contributed by atoms with Crippen molar-refractivity contribution in [3.8, 4) is 0 Å². The van der Waals surface area contributed by atoms with Crippen molar-refractivity contribution in [2.75, 3.05) is 26.2 Å². The van der Waals surface area contributed by atoms with E-state index in [4.69, 9.17) is 5.73 Å². The van der Waals surface area contributed by atoms with E-state index in [1.807, 2.05) is 49.9 Å². The molecule has 2 amide bonds. The molecule has 6 heteroatoms. The van der Waals surface area contributed by atoms with E-state index in [2.05, 4.69) is 5.32 Å². The van der Waals surface area contributed by atoms with Crippen LogP contribution in [0.1, 0.15) is 37.8 Å². The number of hydrogen-bond acceptors (Lipinski definition) is 3. The first-order chi connectivity index (χ1) is 11.4. The van der Waals surface area contributed by atoms with Crippen molar-refractivity contribution >= 4 is 24.2 Å². The normalized spacial score (nSPS) is 17.6. The molecule has 1 heterocycles. The first kappa shape index (κ1) is 21.5. The topological polar surface area (TPSA) is 75.4 Å². The largest absolute Gasteiger partial charge is 0.355 e. The molecule has 140 valence electrons. The molecule has 2 rings (SSSR count). The average Bonchev–Trinajstić information content (AvgIpc) is 2.59. The fourth-order valence-electron chi connectivity index (χ4n) is 3.20. The van der Waals surface area contributed by atoms with Gasteiger partial charge in [0.1, 0.15) is 0 Å². The third-order valence-electron chi connectivity index (χ3n) is 4.83. The first-order valence-corrected chi connectivity index (χ1v) is 8.70. The standard InChI is InChI=1S/C19H29N3O2.ClH/c1-14-6-8-16(9-7-14)19(2,3)18(24)22-12-4-5-15(13-22)17(23)21-11-10-20;/h6-9,15H,4-5,10-13,20H2,1-3H3,(H,21,23);1H. The van der Waals surface area contributed by atoms with E-state index in [1.54, 1.807) is 0 Å². The van der Waals surface area contributed by atoms with Gasteiger partial charge in [0.25, 0.3) is 0 Å². The maximum absolute atomic E-state index is 13.1. The number of nitrogens with one attached hydrogen (secondary N) is 1. The molecule has 0 spiro atoms. The summed E-state index contributed by atoms with van der Waals surface area (Å²) in [5.41, 5.74) is 7.03. The van der Waals surface area contributed by atoms with E-state index in [0.29, 0.717) is 19.6 Å². The third kappa shape index (κ3) is 5.19. The van der Waals surface area contributed by atoms with Gasteiger partial charge in [-0.1, -0.05) is 29.8 Å². The predicted molar refractivity (Wildman–Crippen MR) is 103 cm³/mol. The van der Waals surface area contributed by atoms with Gasteiger partial charge < -0.3 is 16.0 Å². The molecule has 1 aromatic rings. The van der Waals surface area contributed by atoms with Gasteiger partial charge in [-0.25, -0.2) is 0 Å². The Labute approximate surface area is 156 Å². The molecule has 1 atom stereocenters. The number of aryl methyl sites for hydroxylation is 1. The summed E-state index contributed by atoms with van der Waals surface area (Å²) in [7, 11) is 0. The van der Waals surface area contributed by atoms with Crippen molar-refractivity contribution in [1.82, 2.24) is 10.2 Å². The summed E-state index contributed by atoms with van der Waals surface area (Å²) in [4.78, 5) is 27.1. The molecule has 0 aliphatic carbocycles. The number of piperidine rings is 1. The molecule has 1 fully saturated rings. The third-order valence-corrected chi connectivity index (χ3v) is 4.83. The molecule has 1 saturated heterocycles. The van der Waals surface area contributed by atoms with Crippen molar-refractivity contribution in [2.45, 2.75) is 39.0 Å². The maximum atomic E-state index is 13.1. The summed E-state index contributed by atoms with van der Waals surface area (Å²) in [5.74, 6) is -0.0446. The fraction of sp³-hybridized carbons (Fsp3) is 0.579. The van der Waals surface area contributed by atoms with Gasteiger partial charge in [0, 0.05) is 26.2 Å². The Bertz CT molecular complexity index is 587. The lowest BCUT2D eigenvalue weighted by molar-refractivity contribution is -0.140. The Hall–Kier alpha value is -1.59. The number of hydrogen-bond donors (Lipinski definition) is 2. The van der Waals surface area contributed by atoms with E-state index in [0.717, 1.165) is 24.9 Å². The Morgan fingerprint density at radius 1 is 1.28 bits per heavy atom. The molecule has 0 saturated carbocycles. The first-order valence-electron chi connectivity index (χ1n) is 8.70. The van der Waals surface area contributed by atoms with Crippen LogP contribution in [0.3, 0.4) is 0 Å². The number of rotatable bonds is 5. The lowest BCUT2D eigenvalue weighted by Crippen LogP contribution is -2.50. The van der Waals surface area contributed by atoms with Crippen LogP contribution in [-0.4, -0.2) is 42.9 Å². The van der Waals surface area contributed by atoms with Crippen LogP contribution in [0.4, 0.5) is 0 Å². The molecular weight excluding hydrogens is 338 g/mol. The molecule has 1 unspecified atom stereocenters. The van der Waals surface area contributed by atoms with E-state index in [9.17, 15) is 9.59 Å². The van der Waals surface area contributed by atoms with Gasteiger partial charge >= 0.3 is 0 Å². The summed E-state index contributed by atoms with van der Waals surface area (Å²) in [5, 5.41) is 2.84.